The molecule has 0 saturated heterocycles. The van der Waals surface area contributed by atoms with Gasteiger partial charge in [0.25, 0.3) is 0 Å². The lowest BCUT2D eigenvalue weighted by atomic mass is 10.2. The van der Waals surface area contributed by atoms with Gasteiger partial charge in [-0.15, -0.1) is 0 Å². The molecule has 0 aliphatic carbocycles. The smallest absolute Gasteiger partial charge is 0.236 e. The van der Waals surface area contributed by atoms with Crippen LogP contribution in [0.2, 0.25) is 0 Å². The minimum Gasteiger partial charge on any atom is -0.368 e. The second-order valence-corrected chi connectivity index (χ2v) is 2.78. The molecule has 1 heterocycles. The summed E-state index contributed by atoms with van der Waals surface area (Å²) in [5.41, 5.74) is 6.13. The van der Waals surface area contributed by atoms with Gasteiger partial charge in [-0.1, -0.05) is 0 Å². The molecule has 0 aromatic carbocycles. The van der Waals surface area contributed by atoms with Gasteiger partial charge in [-0.25, -0.2) is 4.98 Å². The van der Waals surface area contributed by atoms with Crippen LogP contribution in [0.1, 0.15) is 11.3 Å². The van der Waals surface area contributed by atoms with Gasteiger partial charge >= 0.3 is 0 Å². The zero-order valence-corrected chi connectivity index (χ0v) is 7.74. The van der Waals surface area contributed by atoms with E-state index in [1.165, 1.54) is 0 Å². The summed E-state index contributed by atoms with van der Waals surface area (Å²) in [7, 11) is 0. The maximum atomic E-state index is 10.5. The van der Waals surface area contributed by atoms with Crippen molar-refractivity contribution < 1.29 is 4.79 Å². The molecule has 0 aliphatic heterocycles. The Labute approximate surface area is 81.6 Å². The minimum absolute atomic E-state index is 0.0227. The normalized spacial score (nSPS) is 9.14. The van der Waals surface area contributed by atoms with Crippen LogP contribution in [0.5, 0.6) is 0 Å². The topological polar surface area (TPSA) is 91.8 Å². The number of rotatable bonds is 3. The Hall–Kier alpha value is -2.09. The number of anilines is 1. The van der Waals surface area contributed by atoms with Crippen LogP contribution in [-0.2, 0) is 4.79 Å². The minimum atomic E-state index is -0.489. The van der Waals surface area contributed by atoms with Crippen LogP contribution in [0.3, 0.4) is 0 Å². The van der Waals surface area contributed by atoms with E-state index in [-0.39, 0.29) is 6.54 Å². The van der Waals surface area contributed by atoms with Crippen molar-refractivity contribution in [3.8, 4) is 6.07 Å². The van der Waals surface area contributed by atoms with Gasteiger partial charge in [0, 0.05) is 5.69 Å². The summed E-state index contributed by atoms with van der Waals surface area (Å²) < 4.78 is 0. The zero-order chi connectivity index (χ0) is 10.6. The van der Waals surface area contributed by atoms with Crippen LogP contribution in [0.25, 0.3) is 0 Å². The maximum Gasteiger partial charge on any atom is 0.236 e. The number of carbonyl (C=O) groups is 1. The third kappa shape index (κ3) is 2.45. The molecule has 1 aromatic heterocycles. The summed E-state index contributed by atoms with van der Waals surface area (Å²) in [6.45, 7) is 1.78. The van der Waals surface area contributed by atoms with Crippen LogP contribution >= 0.6 is 0 Å². The first-order chi connectivity index (χ1) is 6.63. The molecule has 0 saturated carbocycles. The monoisotopic (exact) mass is 190 g/mol. The number of nitrogens with two attached hydrogens (primary N) is 1. The molecule has 1 rings (SSSR count). The molecule has 3 N–H and O–H groups in total. The Morgan fingerprint density at radius 3 is 3.00 bits per heavy atom. The predicted octanol–water partition coefficient (Wildman–Crippen LogP) is 0.159. The second kappa shape index (κ2) is 4.23. The van der Waals surface area contributed by atoms with Gasteiger partial charge in [-0.2, -0.15) is 5.26 Å². The molecule has 1 aromatic rings. The average molecular weight is 190 g/mol. The molecule has 72 valence electrons. The van der Waals surface area contributed by atoms with E-state index in [2.05, 4.69) is 10.3 Å². The van der Waals surface area contributed by atoms with Gasteiger partial charge in [0.15, 0.2) is 0 Å². The zero-order valence-electron chi connectivity index (χ0n) is 7.74. The van der Waals surface area contributed by atoms with Gasteiger partial charge in [0.2, 0.25) is 5.91 Å². The van der Waals surface area contributed by atoms with Crippen molar-refractivity contribution in [2.45, 2.75) is 6.92 Å². The van der Waals surface area contributed by atoms with E-state index in [0.717, 1.165) is 5.69 Å². The molecular weight excluding hydrogens is 180 g/mol. The highest BCUT2D eigenvalue weighted by atomic mass is 16.1. The lowest BCUT2D eigenvalue weighted by Crippen LogP contribution is -2.22. The Bertz CT molecular complexity index is 394. The Morgan fingerprint density at radius 1 is 1.71 bits per heavy atom. The van der Waals surface area contributed by atoms with Crippen molar-refractivity contribution in [3.05, 3.63) is 23.4 Å². The van der Waals surface area contributed by atoms with E-state index in [1.54, 1.807) is 19.1 Å². The van der Waals surface area contributed by atoms with Crippen molar-refractivity contribution in [1.29, 1.82) is 5.26 Å². The van der Waals surface area contributed by atoms with Crippen LogP contribution in [-0.4, -0.2) is 17.4 Å². The van der Waals surface area contributed by atoms with Crippen LogP contribution in [0.4, 0.5) is 5.82 Å². The van der Waals surface area contributed by atoms with E-state index < -0.39 is 5.91 Å². The molecule has 0 aliphatic rings. The molecule has 0 bridgehead atoms. The van der Waals surface area contributed by atoms with Crippen molar-refractivity contribution in [2.24, 2.45) is 5.73 Å². The van der Waals surface area contributed by atoms with Crippen molar-refractivity contribution in [1.82, 2.24) is 4.98 Å². The quantitative estimate of drug-likeness (QED) is 0.710. The Balaban J connectivity index is 2.89. The first-order valence-electron chi connectivity index (χ1n) is 4.03. The Morgan fingerprint density at radius 2 is 2.43 bits per heavy atom. The van der Waals surface area contributed by atoms with E-state index in [4.69, 9.17) is 11.0 Å². The summed E-state index contributed by atoms with van der Waals surface area (Å²) in [5.74, 6) is -0.0940. The second-order valence-electron chi connectivity index (χ2n) is 2.78. The maximum absolute atomic E-state index is 10.5. The predicted molar refractivity (Wildman–Crippen MR) is 51.4 cm³/mol. The third-order valence-electron chi connectivity index (χ3n) is 1.58. The van der Waals surface area contributed by atoms with Gasteiger partial charge < -0.3 is 11.1 Å². The lowest BCUT2D eigenvalue weighted by Gasteiger charge is -2.05. The molecule has 0 unspecified atom stereocenters. The number of hydrogen-bond donors (Lipinski definition) is 2. The number of nitrogens with zero attached hydrogens (tertiary/aromatic N) is 2. The number of amides is 1. The molecule has 5 heteroatoms. The Kier molecular flexibility index (Phi) is 3.02. The largest absolute Gasteiger partial charge is 0.368 e. The fourth-order valence-corrected chi connectivity index (χ4v) is 0.953. The number of aromatic nitrogens is 1. The highest BCUT2D eigenvalue weighted by Crippen LogP contribution is 2.11. The summed E-state index contributed by atoms with van der Waals surface area (Å²) in [6.07, 6.45) is 0. The SMILES string of the molecule is Cc1ccc(C#N)c(NCC(N)=O)n1. The molecule has 1 amide bonds. The van der Waals surface area contributed by atoms with Gasteiger partial charge in [-0.05, 0) is 19.1 Å². The highest BCUT2D eigenvalue weighted by Gasteiger charge is 2.03. The van der Waals surface area contributed by atoms with Crippen LogP contribution in [0.15, 0.2) is 12.1 Å². The summed E-state index contributed by atoms with van der Waals surface area (Å²) >= 11 is 0. The van der Waals surface area contributed by atoms with Crippen molar-refractivity contribution in [3.63, 3.8) is 0 Å². The lowest BCUT2D eigenvalue weighted by molar-refractivity contribution is -0.116. The van der Waals surface area contributed by atoms with Gasteiger partial charge in [0.05, 0.1) is 12.1 Å². The van der Waals surface area contributed by atoms with E-state index in [1.807, 2.05) is 6.07 Å². The standard InChI is InChI=1S/C9H10N4O/c1-6-2-3-7(4-10)9(13-6)12-5-8(11)14/h2-3H,5H2,1H3,(H2,11,14)(H,12,13). The summed E-state index contributed by atoms with van der Waals surface area (Å²) in [4.78, 5) is 14.6. The van der Waals surface area contributed by atoms with E-state index in [9.17, 15) is 4.79 Å². The molecule has 0 atom stereocenters. The molecular formula is C9H10N4O. The third-order valence-corrected chi connectivity index (χ3v) is 1.58. The van der Waals surface area contributed by atoms with Crippen LogP contribution < -0.4 is 11.1 Å². The number of pyridine rings is 1. The van der Waals surface area contributed by atoms with Crippen LogP contribution in [0, 0.1) is 18.3 Å². The molecule has 14 heavy (non-hydrogen) atoms. The van der Waals surface area contributed by atoms with Crippen molar-refractivity contribution in [2.75, 3.05) is 11.9 Å². The highest BCUT2D eigenvalue weighted by molar-refractivity contribution is 5.78. The molecule has 0 fully saturated rings. The number of hydrogen-bond acceptors (Lipinski definition) is 4. The average Bonchev–Trinajstić information content (AvgIpc) is 2.15. The number of nitriles is 1. The molecule has 0 spiro atoms. The number of nitrogens with one attached hydrogen (secondary N) is 1. The van der Waals surface area contributed by atoms with Gasteiger partial charge in [0.1, 0.15) is 11.9 Å². The number of carbonyl (C=O) groups excluding carboxylic acids is 1. The first-order valence-corrected chi connectivity index (χ1v) is 4.03. The number of aryl methyl sites for hydroxylation is 1. The van der Waals surface area contributed by atoms with Crippen molar-refractivity contribution >= 4 is 11.7 Å². The molecule has 0 radical (unpaired) electrons. The van der Waals surface area contributed by atoms with Gasteiger partial charge in [-0.3, -0.25) is 4.79 Å². The molecule has 5 nitrogen and oxygen atoms in total. The summed E-state index contributed by atoms with van der Waals surface area (Å²) in [5, 5.41) is 11.4. The number of primary amides is 1. The first kappa shape index (κ1) is 9.99. The van der Waals surface area contributed by atoms with E-state index >= 15 is 0 Å². The fourth-order valence-electron chi connectivity index (χ4n) is 0.953. The fraction of sp³-hybridized carbons (Fsp3) is 0.222. The summed E-state index contributed by atoms with van der Waals surface area (Å²) in [6, 6.07) is 5.34. The van der Waals surface area contributed by atoms with E-state index in [0.29, 0.717) is 11.4 Å².